The van der Waals surface area contributed by atoms with Gasteiger partial charge in [0, 0.05) is 11.1 Å². The van der Waals surface area contributed by atoms with Gasteiger partial charge in [-0.1, -0.05) is 60.7 Å². The van der Waals surface area contributed by atoms with Gasteiger partial charge in [0.2, 0.25) is 0 Å². The van der Waals surface area contributed by atoms with Crippen molar-refractivity contribution in [2.24, 2.45) is 0 Å². The molecule has 0 bridgehead atoms. The molecule has 0 aromatic heterocycles. The smallest absolute Gasteiger partial charge is 0.413 e. The van der Waals surface area contributed by atoms with Gasteiger partial charge in [-0.3, -0.25) is 0 Å². The van der Waals surface area contributed by atoms with Crippen LogP contribution in [0.3, 0.4) is 0 Å². The molecular weight excluding hydrogens is 488 g/mol. The van der Waals surface area contributed by atoms with Gasteiger partial charge in [0.25, 0.3) is 0 Å². The van der Waals surface area contributed by atoms with Gasteiger partial charge in [0.05, 0.1) is 0 Å². The van der Waals surface area contributed by atoms with E-state index < -0.39 is 11.9 Å². The summed E-state index contributed by atoms with van der Waals surface area (Å²) in [7, 11) is 0. The number of benzene rings is 4. The lowest BCUT2D eigenvalue weighted by atomic mass is 9.92. The van der Waals surface area contributed by atoms with E-state index in [9.17, 15) is 9.59 Å². The summed E-state index contributed by atoms with van der Waals surface area (Å²) in [5, 5.41) is 3.80. The first-order valence-corrected chi connectivity index (χ1v) is 11.6. The highest BCUT2D eigenvalue weighted by molar-refractivity contribution is 6.21. The van der Waals surface area contributed by atoms with Gasteiger partial charge < -0.3 is 30.0 Å². The summed E-state index contributed by atoms with van der Waals surface area (Å²) in [4.78, 5) is 28.2. The van der Waals surface area contributed by atoms with Crippen molar-refractivity contribution in [3.63, 3.8) is 0 Å². The zero-order chi connectivity index (χ0) is 26.7. The monoisotopic (exact) mass is 510 g/mol. The van der Waals surface area contributed by atoms with E-state index in [1.54, 1.807) is 0 Å². The third-order valence-electron chi connectivity index (χ3n) is 5.53. The highest BCUT2D eigenvalue weighted by Crippen LogP contribution is 2.45. The Balaban J connectivity index is 1.74. The molecule has 10 nitrogen and oxygen atoms in total. The Kier molecular flexibility index (Phi) is 8.55. The maximum Gasteiger partial charge on any atom is 0.413 e. The van der Waals surface area contributed by atoms with Crippen LogP contribution >= 0.6 is 0 Å². The van der Waals surface area contributed by atoms with Crippen LogP contribution in [-0.4, -0.2) is 60.4 Å². The second-order valence-corrected chi connectivity index (χ2v) is 7.84. The molecule has 0 aliphatic heterocycles. The zero-order valence-electron chi connectivity index (χ0n) is 20.1. The van der Waals surface area contributed by atoms with Crippen molar-refractivity contribution in [2.75, 3.05) is 26.4 Å². The van der Waals surface area contributed by atoms with Crippen LogP contribution in [0.2, 0.25) is 0 Å². The van der Waals surface area contributed by atoms with Crippen LogP contribution in [0.25, 0.3) is 43.7 Å². The molecule has 0 aliphatic carbocycles. The van der Waals surface area contributed by atoms with Crippen molar-refractivity contribution in [3.8, 4) is 22.6 Å². The molecule has 10 heteroatoms. The Hall–Kier alpha value is -5.30. The van der Waals surface area contributed by atoms with E-state index >= 15 is 0 Å². The minimum absolute atomic E-state index is 0.0552. The largest absolute Gasteiger partial charge is 0.489 e. The van der Waals surface area contributed by atoms with E-state index in [1.165, 1.54) is 0 Å². The third kappa shape index (κ3) is 6.09. The maximum absolute atomic E-state index is 11.5. The van der Waals surface area contributed by atoms with Crippen molar-refractivity contribution >= 4 is 45.9 Å². The molecule has 0 N–H and O–H groups in total. The van der Waals surface area contributed by atoms with Gasteiger partial charge in [-0.05, 0) is 33.7 Å². The average molecular weight is 511 g/mol. The minimum Gasteiger partial charge on any atom is -0.489 e. The number of ether oxygens (including phenoxy) is 4. The molecule has 0 saturated heterocycles. The lowest BCUT2D eigenvalue weighted by Gasteiger charge is -2.19. The summed E-state index contributed by atoms with van der Waals surface area (Å²) in [6.45, 7) is -0.00359. The Morgan fingerprint density at radius 1 is 0.605 bits per heavy atom. The van der Waals surface area contributed by atoms with Crippen LogP contribution in [0.4, 0.5) is 0 Å². The quantitative estimate of drug-likeness (QED) is 0.0976. The number of hydrogen-bond donors (Lipinski definition) is 0. The van der Waals surface area contributed by atoms with Gasteiger partial charge in [0.15, 0.2) is 0 Å². The van der Waals surface area contributed by atoms with Gasteiger partial charge in [0.1, 0.15) is 37.9 Å². The van der Waals surface area contributed by atoms with Crippen molar-refractivity contribution < 1.29 is 38.1 Å². The Morgan fingerprint density at radius 2 is 1.03 bits per heavy atom. The molecule has 0 heterocycles. The van der Waals surface area contributed by atoms with Gasteiger partial charge >= 0.3 is 24.4 Å². The summed E-state index contributed by atoms with van der Waals surface area (Å²) >= 11 is 0. The highest BCUT2D eigenvalue weighted by Gasteiger charge is 2.19. The fourth-order valence-electron chi connectivity index (χ4n) is 4.02. The summed E-state index contributed by atoms with van der Waals surface area (Å²) in [6.07, 6.45) is 1.32. The van der Waals surface area contributed by atoms with Crippen molar-refractivity contribution in [1.82, 2.24) is 0 Å². The molecule has 0 amide bonds. The van der Waals surface area contributed by atoms with Crippen molar-refractivity contribution in [1.29, 1.82) is 0 Å². The number of rotatable bonds is 11. The summed E-state index contributed by atoms with van der Waals surface area (Å²) in [6, 6.07) is 23.3. The maximum atomic E-state index is 11.5. The molecule has 4 rings (SSSR count). The zero-order valence-corrected chi connectivity index (χ0v) is 20.1. The van der Waals surface area contributed by atoms with E-state index in [0.29, 0.717) is 23.9 Å². The molecular formula is C28H22N4O6. The molecule has 0 atom stereocenters. The van der Waals surface area contributed by atoms with Gasteiger partial charge in [-0.15, -0.1) is 0 Å². The van der Waals surface area contributed by atoms with Gasteiger partial charge in [-0.2, -0.15) is 9.58 Å². The molecule has 0 aliphatic rings. The molecule has 190 valence electrons. The average Bonchev–Trinajstić information content (AvgIpc) is 2.93. The van der Waals surface area contributed by atoms with E-state index in [4.69, 9.17) is 30.0 Å². The second-order valence-electron chi connectivity index (χ2n) is 7.84. The van der Waals surface area contributed by atoms with Crippen LogP contribution in [0.5, 0.6) is 11.5 Å². The summed E-state index contributed by atoms with van der Waals surface area (Å²) in [5.41, 5.74) is 18.5. The predicted molar refractivity (Wildman–Crippen MR) is 139 cm³/mol. The first-order chi connectivity index (χ1) is 18.6. The lowest BCUT2D eigenvalue weighted by molar-refractivity contribution is -0.140. The van der Waals surface area contributed by atoms with Crippen LogP contribution in [-0.2, 0) is 19.1 Å². The summed E-state index contributed by atoms with van der Waals surface area (Å²) < 4.78 is 22.1. The van der Waals surface area contributed by atoms with Crippen LogP contribution in [0.1, 0.15) is 0 Å². The molecule has 0 spiro atoms. The molecule has 4 aromatic carbocycles. The van der Waals surface area contributed by atoms with E-state index in [1.807, 2.05) is 72.8 Å². The van der Waals surface area contributed by atoms with E-state index in [2.05, 4.69) is 9.58 Å². The highest BCUT2D eigenvalue weighted by atomic mass is 16.6. The van der Waals surface area contributed by atoms with Crippen LogP contribution < -0.4 is 9.47 Å². The molecule has 0 saturated carbocycles. The van der Waals surface area contributed by atoms with Gasteiger partial charge in [-0.25, -0.2) is 9.59 Å². The van der Waals surface area contributed by atoms with Crippen LogP contribution in [0, 0.1) is 0 Å². The molecule has 0 unspecified atom stereocenters. The number of carbonyl (C=O) groups is 2. The third-order valence-corrected chi connectivity index (χ3v) is 5.53. The Labute approximate surface area is 217 Å². The lowest BCUT2D eigenvalue weighted by Crippen LogP contribution is -2.14. The molecule has 4 aromatic rings. The number of hydrogen-bond acceptors (Lipinski definition) is 6. The fraction of sp³-hybridized carbons (Fsp3) is 0.143. The molecule has 38 heavy (non-hydrogen) atoms. The topological polar surface area (TPSA) is 144 Å². The van der Waals surface area contributed by atoms with Crippen LogP contribution in [0.15, 0.2) is 72.8 Å². The first-order valence-electron chi connectivity index (χ1n) is 11.6. The van der Waals surface area contributed by atoms with Crippen molar-refractivity contribution in [3.05, 3.63) is 83.9 Å². The van der Waals surface area contributed by atoms with Crippen molar-refractivity contribution in [2.45, 2.75) is 0 Å². The standard InChI is InChI=1S/C28H22N4O6/c29-31-17-25(33)37-15-13-35-23-11-9-19-5-1-3-7-21(19)27(23)28-22-8-4-2-6-20(22)10-12-24(28)36-14-16-38-26(34)18-32-30/h1-12,17-18H,13-16H2. The number of carbonyl (C=O) groups excluding carboxylic acids is 2. The SMILES string of the molecule is [N-]=[N+]=CC(=O)OCCOc1ccc2ccccc2c1-c1c(OCCOC(=O)C=[N+]=[N-])ccc2ccccc12. The summed E-state index contributed by atoms with van der Waals surface area (Å²) in [5.74, 6) is -0.485. The Bertz CT molecular complexity index is 1470. The number of nitrogens with zero attached hydrogens (tertiary/aromatic N) is 4. The molecule has 0 fully saturated rings. The van der Waals surface area contributed by atoms with E-state index in [0.717, 1.165) is 32.7 Å². The second kappa shape index (κ2) is 12.6. The van der Waals surface area contributed by atoms with E-state index in [-0.39, 0.29) is 26.4 Å². The predicted octanol–water partition coefficient (Wildman–Crippen LogP) is 4.11. The first kappa shape index (κ1) is 25.8. The Morgan fingerprint density at radius 3 is 1.45 bits per heavy atom. The molecule has 0 radical (unpaired) electrons. The fourth-order valence-corrected chi connectivity index (χ4v) is 4.02. The minimum atomic E-state index is -0.787. The number of fused-ring (bicyclic) bond motifs is 2. The number of esters is 2. The normalized spacial score (nSPS) is 10.2.